The molecule has 110 valence electrons. The molecule has 0 spiro atoms. The molecular weight excluding hydrogens is 395 g/mol. The smallest absolute Gasteiger partial charge is 0.254 e. The summed E-state index contributed by atoms with van der Waals surface area (Å²) >= 11 is 3.97. The van der Waals surface area contributed by atoms with E-state index in [-0.39, 0.29) is 5.91 Å². The summed E-state index contributed by atoms with van der Waals surface area (Å²) in [6, 6.07) is 5.95. The third-order valence-corrected chi connectivity index (χ3v) is 6.30. The monoisotopic (exact) mass is 412 g/mol. The minimum absolute atomic E-state index is 0.157. The summed E-state index contributed by atoms with van der Waals surface area (Å²) < 4.78 is 1.07. The van der Waals surface area contributed by atoms with Gasteiger partial charge in [-0.05, 0) is 54.0 Å². The molecule has 1 aromatic carbocycles. The number of nitrogens with zero attached hydrogens (tertiary/aromatic N) is 2. The number of carbonyl (C=O) groups is 1. The van der Waals surface area contributed by atoms with Gasteiger partial charge in [0.1, 0.15) is 0 Å². The molecule has 1 atom stereocenters. The van der Waals surface area contributed by atoms with Crippen molar-refractivity contribution in [3.05, 3.63) is 49.5 Å². The van der Waals surface area contributed by atoms with E-state index in [9.17, 15) is 4.79 Å². The van der Waals surface area contributed by atoms with E-state index in [1.165, 1.54) is 0 Å². The summed E-state index contributed by atoms with van der Waals surface area (Å²) in [5.41, 5.74) is 1.99. The third-order valence-electron chi connectivity index (χ3n) is 3.93. The Morgan fingerprint density at radius 1 is 1.48 bits per heavy atom. The van der Waals surface area contributed by atoms with Gasteiger partial charge in [0.15, 0.2) is 0 Å². The molecule has 0 N–H and O–H groups in total. The number of thiazole rings is 1. The van der Waals surface area contributed by atoms with Gasteiger partial charge in [0, 0.05) is 34.2 Å². The molecule has 2 aromatic rings. The van der Waals surface area contributed by atoms with Crippen LogP contribution in [-0.4, -0.2) is 28.9 Å². The first kappa shape index (κ1) is 15.0. The number of aromatic nitrogens is 1. The van der Waals surface area contributed by atoms with Crippen LogP contribution in [0.4, 0.5) is 0 Å². The second-order valence-corrected chi connectivity index (χ2v) is 7.40. The maximum Gasteiger partial charge on any atom is 0.254 e. The lowest BCUT2D eigenvalue weighted by Crippen LogP contribution is -2.39. The fraction of sp³-hybridized carbons (Fsp3) is 0.375. The molecule has 2 heterocycles. The molecule has 1 fully saturated rings. The van der Waals surface area contributed by atoms with Crippen LogP contribution in [0.15, 0.2) is 29.8 Å². The number of halogens is 1. The molecule has 1 aliphatic rings. The van der Waals surface area contributed by atoms with Gasteiger partial charge < -0.3 is 4.90 Å². The lowest BCUT2D eigenvalue weighted by Gasteiger charge is -2.32. The van der Waals surface area contributed by atoms with Gasteiger partial charge in [0.05, 0.1) is 10.6 Å². The van der Waals surface area contributed by atoms with E-state index in [1.807, 2.05) is 41.6 Å². The second-order valence-electron chi connectivity index (χ2n) is 5.40. The fourth-order valence-electron chi connectivity index (χ4n) is 2.78. The molecule has 0 aliphatic carbocycles. The second kappa shape index (κ2) is 6.44. The summed E-state index contributed by atoms with van der Waals surface area (Å²) in [5.74, 6) is 0.550. The van der Waals surface area contributed by atoms with Crippen LogP contribution in [0.3, 0.4) is 0 Å². The largest absolute Gasteiger partial charge is 0.338 e. The molecule has 3 nitrogen and oxygen atoms in total. The van der Waals surface area contributed by atoms with Crippen molar-refractivity contribution in [2.24, 2.45) is 0 Å². The third kappa shape index (κ3) is 3.13. The Kier molecular flexibility index (Phi) is 4.59. The van der Waals surface area contributed by atoms with Crippen LogP contribution in [0.25, 0.3) is 0 Å². The van der Waals surface area contributed by atoms with E-state index >= 15 is 0 Å². The molecule has 1 unspecified atom stereocenters. The lowest BCUT2D eigenvalue weighted by molar-refractivity contribution is 0.0706. The molecule has 1 aromatic heterocycles. The molecule has 21 heavy (non-hydrogen) atoms. The van der Waals surface area contributed by atoms with Crippen LogP contribution in [-0.2, 0) is 0 Å². The Hall–Kier alpha value is -0.950. The van der Waals surface area contributed by atoms with Crippen molar-refractivity contribution in [1.82, 2.24) is 9.88 Å². The standard InChI is InChI=1S/C16H17IN2OS/c1-11-4-2-6-13(14(11)17)16(20)19-8-3-5-12(10-19)15-18-7-9-21-15/h2,4,6-7,9,12H,3,5,8,10H2,1H3. The molecule has 5 heteroatoms. The van der Waals surface area contributed by atoms with Gasteiger partial charge in [-0.3, -0.25) is 4.79 Å². The van der Waals surface area contributed by atoms with Gasteiger partial charge in [-0.25, -0.2) is 4.98 Å². The number of piperidine rings is 1. The van der Waals surface area contributed by atoms with Gasteiger partial charge in [-0.15, -0.1) is 11.3 Å². The average molecular weight is 412 g/mol. The first-order valence-electron chi connectivity index (χ1n) is 7.10. The van der Waals surface area contributed by atoms with Crippen LogP contribution in [0.5, 0.6) is 0 Å². The van der Waals surface area contributed by atoms with E-state index < -0.39 is 0 Å². The number of aryl methyl sites for hydroxylation is 1. The predicted octanol–water partition coefficient (Wildman–Crippen LogP) is 4.08. The minimum atomic E-state index is 0.157. The van der Waals surface area contributed by atoms with Gasteiger partial charge in [-0.2, -0.15) is 0 Å². The normalized spacial score (nSPS) is 18.8. The van der Waals surface area contributed by atoms with Crippen molar-refractivity contribution < 1.29 is 4.79 Å². The van der Waals surface area contributed by atoms with Gasteiger partial charge in [-0.1, -0.05) is 12.1 Å². The first-order chi connectivity index (χ1) is 10.2. The molecular formula is C16H17IN2OS. The van der Waals surface area contributed by atoms with Crippen molar-refractivity contribution >= 4 is 39.8 Å². The Morgan fingerprint density at radius 2 is 2.33 bits per heavy atom. The van der Waals surface area contributed by atoms with E-state index in [4.69, 9.17) is 0 Å². The first-order valence-corrected chi connectivity index (χ1v) is 9.06. The summed E-state index contributed by atoms with van der Waals surface area (Å²) in [6.07, 6.45) is 4.03. The van der Waals surface area contributed by atoms with Crippen molar-refractivity contribution in [1.29, 1.82) is 0 Å². The maximum atomic E-state index is 12.8. The molecule has 1 aliphatic heterocycles. The van der Waals surface area contributed by atoms with Crippen LogP contribution in [0.2, 0.25) is 0 Å². The molecule has 0 radical (unpaired) electrons. The Balaban J connectivity index is 1.80. The van der Waals surface area contributed by atoms with Crippen LogP contribution in [0, 0.1) is 10.5 Å². The lowest BCUT2D eigenvalue weighted by atomic mass is 9.98. The SMILES string of the molecule is Cc1cccc(C(=O)N2CCCC(c3nccs3)C2)c1I. The maximum absolute atomic E-state index is 12.8. The van der Waals surface area contributed by atoms with Crippen molar-refractivity contribution in [2.75, 3.05) is 13.1 Å². The zero-order valence-corrected chi connectivity index (χ0v) is 14.9. The molecule has 1 amide bonds. The molecule has 3 rings (SSSR count). The Bertz CT molecular complexity index is 642. The van der Waals surface area contributed by atoms with E-state index in [0.717, 1.165) is 45.6 Å². The number of rotatable bonds is 2. The molecule has 1 saturated heterocycles. The summed E-state index contributed by atoms with van der Waals surface area (Å²) in [4.78, 5) is 19.2. The minimum Gasteiger partial charge on any atom is -0.338 e. The average Bonchev–Trinajstić information content (AvgIpc) is 3.04. The number of hydrogen-bond donors (Lipinski definition) is 0. The highest BCUT2D eigenvalue weighted by Crippen LogP contribution is 2.29. The van der Waals surface area contributed by atoms with E-state index in [2.05, 4.69) is 27.6 Å². The van der Waals surface area contributed by atoms with E-state index in [1.54, 1.807) is 11.3 Å². The number of carbonyl (C=O) groups excluding carboxylic acids is 1. The molecule has 0 saturated carbocycles. The predicted molar refractivity (Wildman–Crippen MR) is 93.9 cm³/mol. The van der Waals surface area contributed by atoms with Gasteiger partial charge >= 0.3 is 0 Å². The molecule has 0 bridgehead atoms. The van der Waals surface area contributed by atoms with Crippen LogP contribution < -0.4 is 0 Å². The summed E-state index contributed by atoms with van der Waals surface area (Å²) in [6.45, 7) is 3.69. The number of likely N-dealkylation sites (tertiary alicyclic amines) is 1. The number of amides is 1. The van der Waals surface area contributed by atoms with Crippen molar-refractivity contribution in [2.45, 2.75) is 25.7 Å². The topological polar surface area (TPSA) is 33.2 Å². The van der Waals surface area contributed by atoms with Crippen molar-refractivity contribution in [3.8, 4) is 0 Å². The van der Waals surface area contributed by atoms with Crippen LogP contribution >= 0.6 is 33.9 Å². The highest BCUT2D eigenvalue weighted by atomic mass is 127. The zero-order chi connectivity index (χ0) is 14.8. The fourth-order valence-corrected chi connectivity index (χ4v) is 4.14. The van der Waals surface area contributed by atoms with Gasteiger partial charge in [0.2, 0.25) is 0 Å². The number of benzene rings is 1. The number of hydrogen-bond acceptors (Lipinski definition) is 3. The van der Waals surface area contributed by atoms with Crippen molar-refractivity contribution in [3.63, 3.8) is 0 Å². The van der Waals surface area contributed by atoms with Gasteiger partial charge in [0.25, 0.3) is 5.91 Å². The quantitative estimate of drug-likeness (QED) is 0.697. The highest BCUT2D eigenvalue weighted by Gasteiger charge is 2.27. The Labute approximate surface area is 142 Å². The highest BCUT2D eigenvalue weighted by molar-refractivity contribution is 14.1. The van der Waals surface area contributed by atoms with E-state index in [0.29, 0.717) is 5.92 Å². The zero-order valence-electron chi connectivity index (χ0n) is 11.9. The van der Waals surface area contributed by atoms with Crippen LogP contribution in [0.1, 0.15) is 39.7 Å². The summed E-state index contributed by atoms with van der Waals surface area (Å²) in [7, 11) is 0. The Morgan fingerprint density at radius 3 is 3.10 bits per heavy atom. The summed E-state index contributed by atoms with van der Waals surface area (Å²) in [5, 5.41) is 3.17.